The third kappa shape index (κ3) is 4.12. The lowest BCUT2D eigenvalue weighted by atomic mass is 10.0. The fraction of sp³-hybridized carbons (Fsp3) is 0.217. The molecule has 9 nitrogen and oxygen atoms in total. The Morgan fingerprint density at radius 3 is 3.03 bits per heavy atom. The number of imide groups is 1. The molecule has 10 heteroatoms. The standard InChI is InChI=1S/C23H21N5O4S/c24-13(9-25-14-4-5-17-20(8-14)33-12-26-17)11-32-19-3-1-2-15-16(19)10-28(23(15)31)18-6-7-21(29)27-22(18)30/h1-5,8-9,12,18,25H,6-7,10-11,24H2,(H,27,29,30)/b13-9-. The molecule has 5 rings (SSSR count). The lowest BCUT2D eigenvalue weighted by Gasteiger charge is -2.29. The molecule has 3 heterocycles. The van der Waals surface area contributed by atoms with Crippen LogP contribution in [0.15, 0.2) is 53.8 Å². The van der Waals surface area contributed by atoms with E-state index < -0.39 is 11.9 Å². The number of thiazole rings is 1. The summed E-state index contributed by atoms with van der Waals surface area (Å²) in [7, 11) is 0. The minimum atomic E-state index is -0.666. The van der Waals surface area contributed by atoms with E-state index in [1.165, 1.54) is 4.90 Å². The first-order valence-corrected chi connectivity index (χ1v) is 11.3. The Morgan fingerprint density at radius 2 is 2.18 bits per heavy atom. The van der Waals surface area contributed by atoms with Crippen LogP contribution in [0, 0.1) is 0 Å². The zero-order valence-corrected chi connectivity index (χ0v) is 18.4. The summed E-state index contributed by atoms with van der Waals surface area (Å²) in [5, 5.41) is 5.47. The molecule has 3 aromatic rings. The van der Waals surface area contributed by atoms with Crippen LogP contribution in [0.2, 0.25) is 0 Å². The summed E-state index contributed by atoms with van der Waals surface area (Å²) in [5.41, 5.74) is 11.4. The van der Waals surface area contributed by atoms with Gasteiger partial charge in [-0.3, -0.25) is 19.7 Å². The second kappa shape index (κ2) is 8.55. The molecule has 0 spiro atoms. The average molecular weight is 464 g/mol. The number of benzene rings is 2. The monoisotopic (exact) mass is 463 g/mol. The maximum atomic E-state index is 12.9. The molecule has 0 radical (unpaired) electrons. The van der Waals surface area contributed by atoms with Crippen LogP contribution < -0.4 is 21.1 Å². The number of carbonyl (C=O) groups excluding carboxylic acids is 3. The van der Waals surface area contributed by atoms with E-state index in [4.69, 9.17) is 10.5 Å². The van der Waals surface area contributed by atoms with Gasteiger partial charge in [-0.15, -0.1) is 11.3 Å². The van der Waals surface area contributed by atoms with Crippen molar-refractivity contribution in [2.45, 2.75) is 25.4 Å². The predicted octanol–water partition coefficient (Wildman–Crippen LogP) is 2.35. The molecule has 168 valence electrons. The van der Waals surface area contributed by atoms with Gasteiger partial charge in [0.05, 0.1) is 28.0 Å². The van der Waals surface area contributed by atoms with E-state index in [1.807, 2.05) is 18.2 Å². The quantitative estimate of drug-likeness (QED) is 0.479. The molecule has 1 fully saturated rings. The van der Waals surface area contributed by atoms with Gasteiger partial charge in [-0.1, -0.05) is 6.07 Å². The van der Waals surface area contributed by atoms with Crippen LogP contribution in [0.25, 0.3) is 10.2 Å². The minimum absolute atomic E-state index is 0.124. The van der Waals surface area contributed by atoms with Gasteiger partial charge < -0.3 is 20.7 Å². The Labute approximate surface area is 193 Å². The SMILES string of the molecule is N/C(=C\Nc1ccc2ncsc2c1)COc1cccc2c1CN(C1CCC(=O)NC1=O)C2=O. The number of rotatable bonds is 6. The van der Waals surface area contributed by atoms with Gasteiger partial charge in [0.1, 0.15) is 18.4 Å². The van der Waals surface area contributed by atoms with E-state index in [2.05, 4.69) is 15.6 Å². The normalized spacial score (nSPS) is 18.4. The van der Waals surface area contributed by atoms with Gasteiger partial charge in [0, 0.05) is 29.4 Å². The molecule has 0 bridgehead atoms. The van der Waals surface area contributed by atoms with Crippen molar-refractivity contribution >= 4 is 45.0 Å². The van der Waals surface area contributed by atoms with Crippen LogP contribution in [0.4, 0.5) is 5.69 Å². The van der Waals surface area contributed by atoms with E-state index in [1.54, 1.807) is 41.2 Å². The molecular weight excluding hydrogens is 442 g/mol. The average Bonchev–Trinajstić information content (AvgIpc) is 3.41. The third-order valence-corrected chi connectivity index (χ3v) is 6.48. The fourth-order valence-corrected chi connectivity index (χ4v) is 4.73. The van der Waals surface area contributed by atoms with Gasteiger partial charge >= 0.3 is 0 Å². The van der Waals surface area contributed by atoms with Gasteiger partial charge in [-0.05, 0) is 36.8 Å². The Balaban J connectivity index is 1.25. The Bertz CT molecular complexity index is 1300. The van der Waals surface area contributed by atoms with Crippen molar-refractivity contribution in [3.05, 3.63) is 64.9 Å². The molecule has 4 N–H and O–H groups in total. The van der Waals surface area contributed by atoms with Crippen molar-refractivity contribution in [2.75, 3.05) is 11.9 Å². The number of anilines is 1. The third-order valence-electron chi connectivity index (χ3n) is 5.69. The van der Waals surface area contributed by atoms with Crippen LogP contribution >= 0.6 is 11.3 Å². The van der Waals surface area contributed by atoms with Crippen molar-refractivity contribution in [3.8, 4) is 5.75 Å². The largest absolute Gasteiger partial charge is 0.487 e. The highest BCUT2D eigenvalue weighted by Crippen LogP contribution is 2.33. The number of nitrogens with zero attached hydrogens (tertiary/aromatic N) is 2. The molecule has 0 saturated carbocycles. The number of nitrogens with two attached hydrogens (primary N) is 1. The predicted molar refractivity (Wildman–Crippen MR) is 123 cm³/mol. The summed E-state index contributed by atoms with van der Waals surface area (Å²) in [6.07, 6.45) is 2.20. The van der Waals surface area contributed by atoms with Gasteiger partial charge in [-0.25, -0.2) is 4.98 Å². The molecule has 1 unspecified atom stereocenters. The molecule has 1 aromatic heterocycles. The summed E-state index contributed by atoms with van der Waals surface area (Å²) in [5.74, 6) is -0.455. The first-order chi connectivity index (χ1) is 16.0. The summed E-state index contributed by atoms with van der Waals surface area (Å²) in [6.45, 7) is 0.367. The number of ether oxygens (including phenoxy) is 1. The molecule has 33 heavy (non-hydrogen) atoms. The van der Waals surface area contributed by atoms with Crippen LogP contribution in [-0.2, 0) is 16.1 Å². The zero-order chi connectivity index (χ0) is 22.9. The zero-order valence-electron chi connectivity index (χ0n) is 17.5. The van der Waals surface area contributed by atoms with Crippen molar-refractivity contribution in [1.29, 1.82) is 0 Å². The highest BCUT2D eigenvalue weighted by molar-refractivity contribution is 7.16. The van der Waals surface area contributed by atoms with Gasteiger partial charge in [0.2, 0.25) is 11.8 Å². The van der Waals surface area contributed by atoms with Crippen LogP contribution in [0.5, 0.6) is 5.75 Å². The number of fused-ring (bicyclic) bond motifs is 2. The molecule has 1 saturated heterocycles. The topological polar surface area (TPSA) is 127 Å². The number of hydrogen-bond donors (Lipinski definition) is 3. The molecule has 1 atom stereocenters. The van der Waals surface area contributed by atoms with Gasteiger partial charge in [-0.2, -0.15) is 0 Å². The molecule has 2 aliphatic rings. The second-order valence-electron chi connectivity index (χ2n) is 7.87. The first kappa shape index (κ1) is 21.0. The number of carbonyl (C=O) groups is 3. The van der Waals surface area contributed by atoms with E-state index in [0.717, 1.165) is 15.9 Å². The minimum Gasteiger partial charge on any atom is -0.487 e. The number of hydrogen-bond acceptors (Lipinski definition) is 8. The number of amides is 3. The molecule has 0 aliphatic carbocycles. The number of nitrogens with one attached hydrogen (secondary N) is 2. The van der Waals surface area contributed by atoms with E-state index in [0.29, 0.717) is 29.0 Å². The molecular formula is C23H21N5O4S. The van der Waals surface area contributed by atoms with E-state index in [-0.39, 0.29) is 31.4 Å². The summed E-state index contributed by atoms with van der Waals surface area (Å²) in [4.78, 5) is 42.3. The fourth-order valence-electron chi connectivity index (χ4n) is 4.02. The van der Waals surface area contributed by atoms with Gasteiger partial charge in [0.15, 0.2) is 0 Å². The van der Waals surface area contributed by atoms with Crippen LogP contribution in [0.1, 0.15) is 28.8 Å². The van der Waals surface area contributed by atoms with Crippen molar-refractivity contribution in [2.24, 2.45) is 5.73 Å². The first-order valence-electron chi connectivity index (χ1n) is 10.4. The van der Waals surface area contributed by atoms with Gasteiger partial charge in [0.25, 0.3) is 5.91 Å². The maximum absolute atomic E-state index is 12.9. The van der Waals surface area contributed by atoms with Crippen molar-refractivity contribution in [1.82, 2.24) is 15.2 Å². The Kier molecular flexibility index (Phi) is 5.43. The summed E-state index contributed by atoms with van der Waals surface area (Å²) < 4.78 is 6.99. The van der Waals surface area contributed by atoms with Crippen molar-refractivity contribution in [3.63, 3.8) is 0 Å². The molecule has 2 aliphatic heterocycles. The molecule has 3 amide bonds. The highest BCUT2D eigenvalue weighted by atomic mass is 32.1. The number of aromatic nitrogens is 1. The summed E-state index contributed by atoms with van der Waals surface area (Å²) in [6, 6.07) is 10.4. The maximum Gasteiger partial charge on any atom is 0.255 e. The lowest BCUT2D eigenvalue weighted by molar-refractivity contribution is -0.136. The smallest absolute Gasteiger partial charge is 0.255 e. The Morgan fingerprint density at radius 1 is 1.30 bits per heavy atom. The number of piperidine rings is 1. The summed E-state index contributed by atoms with van der Waals surface area (Å²) >= 11 is 1.56. The van der Waals surface area contributed by atoms with Crippen molar-refractivity contribution < 1.29 is 19.1 Å². The van der Waals surface area contributed by atoms with Crippen LogP contribution in [0.3, 0.4) is 0 Å². The highest BCUT2D eigenvalue weighted by Gasteiger charge is 2.40. The van der Waals surface area contributed by atoms with E-state index in [9.17, 15) is 14.4 Å². The lowest BCUT2D eigenvalue weighted by Crippen LogP contribution is -2.52. The van der Waals surface area contributed by atoms with E-state index >= 15 is 0 Å². The Hall–Kier alpha value is -3.92. The molecule has 2 aromatic carbocycles. The van der Waals surface area contributed by atoms with Crippen LogP contribution in [-0.4, -0.2) is 40.3 Å². The second-order valence-corrected chi connectivity index (χ2v) is 8.76.